The summed E-state index contributed by atoms with van der Waals surface area (Å²) in [5, 5.41) is 15.1. The lowest BCUT2D eigenvalue weighted by molar-refractivity contribution is 0.0111. The predicted octanol–water partition coefficient (Wildman–Crippen LogP) is 1.82. The summed E-state index contributed by atoms with van der Waals surface area (Å²) in [4.78, 5) is 3.22. The van der Waals surface area contributed by atoms with E-state index in [-0.39, 0.29) is 0 Å². The van der Waals surface area contributed by atoms with E-state index < -0.39 is 5.60 Å². The second kappa shape index (κ2) is 4.17. The largest absolute Gasteiger partial charge is 0.389 e. The number of hydrogen-bond acceptors (Lipinski definition) is 2. The van der Waals surface area contributed by atoms with E-state index >= 15 is 0 Å². The summed E-state index contributed by atoms with van der Waals surface area (Å²) in [7, 11) is 0. The van der Waals surface area contributed by atoms with Gasteiger partial charge in [-0.2, -0.15) is 0 Å². The van der Waals surface area contributed by atoms with Gasteiger partial charge in [0, 0.05) is 23.5 Å². The van der Waals surface area contributed by atoms with Gasteiger partial charge in [0.05, 0.1) is 5.60 Å². The molecule has 3 nitrogen and oxygen atoms in total. The Morgan fingerprint density at radius 1 is 1.18 bits per heavy atom. The first-order valence-corrected chi connectivity index (χ1v) is 6.25. The molecule has 1 aromatic heterocycles. The van der Waals surface area contributed by atoms with Crippen LogP contribution >= 0.6 is 0 Å². The lowest BCUT2D eigenvalue weighted by atomic mass is 9.85. The van der Waals surface area contributed by atoms with Crippen LogP contribution in [-0.4, -0.2) is 28.8 Å². The molecular formula is C14H18N2O. The van der Waals surface area contributed by atoms with Crippen LogP contribution < -0.4 is 5.32 Å². The molecule has 2 heterocycles. The maximum Gasteiger partial charge on any atom is 0.0712 e. The van der Waals surface area contributed by atoms with Crippen molar-refractivity contribution < 1.29 is 5.11 Å². The monoisotopic (exact) mass is 230 g/mol. The van der Waals surface area contributed by atoms with Crippen molar-refractivity contribution in [1.29, 1.82) is 0 Å². The minimum absolute atomic E-state index is 0.531. The maximum absolute atomic E-state index is 10.6. The molecule has 3 heteroatoms. The fourth-order valence-corrected chi connectivity index (χ4v) is 2.73. The molecule has 90 valence electrons. The van der Waals surface area contributed by atoms with Gasteiger partial charge in [-0.1, -0.05) is 12.1 Å². The zero-order valence-corrected chi connectivity index (χ0v) is 9.87. The van der Waals surface area contributed by atoms with Crippen LogP contribution in [0.2, 0.25) is 0 Å². The molecule has 1 fully saturated rings. The third-order valence-electron chi connectivity index (χ3n) is 3.74. The van der Waals surface area contributed by atoms with Gasteiger partial charge in [0.15, 0.2) is 0 Å². The number of piperidine rings is 1. The van der Waals surface area contributed by atoms with Crippen molar-refractivity contribution in [3.05, 3.63) is 36.0 Å². The number of H-pyrrole nitrogens is 1. The number of nitrogens with one attached hydrogen (secondary N) is 2. The molecule has 0 saturated carbocycles. The standard InChI is InChI=1S/C14H18N2O/c17-14(5-8-15-9-6-14)10-11-2-1-3-13-12(11)4-7-16-13/h1-4,7,15-17H,5-6,8-10H2. The Labute approximate surface area is 101 Å². The van der Waals surface area contributed by atoms with Crippen LogP contribution in [0, 0.1) is 0 Å². The lowest BCUT2D eigenvalue weighted by Gasteiger charge is -2.32. The topological polar surface area (TPSA) is 48.0 Å². The Kier molecular flexibility index (Phi) is 2.65. The Hall–Kier alpha value is -1.32. The summed E-state index contributed by atoms with van der Waals surface area (Å²) >= 11 is 0. The molecular weight excluding hydrogens is 212 g/mol. The Morgan fingerprint density at radius 2 is 2.00 bits per heavy atom. The molecule has 0 atom stereocenters. The number of aromatic nitrogens is 1. The smallest absolute Gasteiger partial charge is 0.0712 e. The van der Waals surface area contributed by atoms with Crippen molar-refractivity contribution in [2.24, 2.45) is 0 Å². The van der Waals surface area contributed by atoms with Gasteiger partial charge in [-0.3, -0.25) is 0 Å². The summed E-state index contributed by atoms with van der Waals surface area (Å²) in [6, 6.07) is 8.34. The summed E-state index contributed by atoms with van der Waals surface area (Å²) in [6.45, 7) is 1.83. The third kappa shape index (κ3) is 2.08. The zero-order valence-electron chi connectivity index (χ0n) is 9.87. The highest BCUT2D eigenvalue weighted by molar-refractivity contribution is 5.82. The molecule has 3 rings (SSSR count). The van der Waals surface area contributed by atoms with Gasteiger partial charge in [-0.15, -0.1) is 0 Å². The minimum atomic E-state index is -0.531. The van der Waals surface area contributed by atoms with Crippen LogP contribution in [0.25, 0.3) is 10.9 Å². The molecule has 2 aromatic rings. The molecule has 0 aliphatic carbocycles. The average molecular weight is 230 g/mol. The van der Waals surface area contributed by atoms with Crippen LogP contribution in [0.5, 0.6) is 0 Å². The van der Waals surface area contributed by atoms with Crippen molar-refractivity contribution in [1.82, 2.24) is 10.3 Å². The normalized spacial score (nSPS) is 19.6. The van der Waals surface area contributed by atoms with Crippen molar-refractivity contribution in [2.75, 3.05) is 13.1 Å². The zero-order chi connectivity index (χ0) is 11.7. The molecule has 0 amide bonds. The Bertz CT molecular complexity index is 512. The molecule has 3 N–H and O–H groups in total. The van der Waals surface area contributed by atoms with Gasteiger partial charge < -0.3 is 15.4 Å². The van der Waals surface area contributed by atoms with Gasteiger partial charge in [-0.05, 0) is 43.6 Å². The van der Waals surface area contributed by atoms with E-state index in [2.05, 4.69) is 34.6 Å². The first-order valence-electron chi connectivity index (χ1n) is 6.25. The SMILES string of the molecule is OC1(Cc2cccc3[nH]ccc23)CCNCC1. The second-order valence-corrected chi connectivity index (χ2v) is 5.01. The van der Waals surface area contributed by atoms with E-state index in [0.29, 0.717) is 0 Å². The number of fused-ring (bicyclic) bond motifs is 1. The second-order valence-electron chi connectivity index (χ2n) is 5.01. The van der Waals surface area contributed by atoms with Crippen LogP contribution in [0.1, 0.15) is 18.4 Å². The number of aliphatic hydroxyl groups is 1. The van der Waals surface area contributed by atoms with Crippen LogP contribution in [-0.2, 0) is 6.42 Å². The predicted molar refractivity (Wildman–Crippen MR) is 69.1 cm³/mol. The first kappa shape index (κ1) is 10.8. The average Bonchev–Trinajstić information content (AvgIpc) is 2.79. The summed E-state index contributed by atoms with van der Waals surface area (Å²) < 4.78 is 0. The first-order chi connectivity index (χ1) is 8.27. The van der Waals surface area contributed by atoms with E-state index in [1.165, 1.54) is 10.9 Å². The maximum atomic E-state index is 10.6. The minimum Gasteiger partial charge on any atom is -0.389 e. The van der Waals surface area contributed by atoms with Gasteiger partial charge in [0.1, 0.15) is 0 Å². The fourth-order valence-electron chi connectivity index (χ4n) is 2.73. The Morgan fingerprint density at radius 3 is 2.82 bits per heavy atom. The van der Waals surface area contributed by atoms with Gasteiger partial charge >= 0.3 is 0 Å². The van der Waals surface area contributed by atoms with Gasteiger partial charge in [-0.25, -0.2) is 0 Å². The lowest BCUT2D eigenvalue weighted by Crippen LogP contribution is -2.43. The molecule has 0 radical (unpaired) electrons. The summed E-state index contributed by atoms with van der Waals surface area (Å²) in [6.07, 6.45) is 4.39. The van der Waals surface area contributed by atoms with E-state index in [1.807, 2.05) is 6.20 Å². The summed E-state index contributed by atoms with van der Waals surface area (Å²) in [5.41, 5.74) is 1.87. The highest BCUT2D eigenvalue weighted by Gasteiger charge is 2.29. The van der Waals surface area contributed by atoms with Crippen LogP contribution in [0.4, 0.5) is 0 Å². The fraction of sp³-hybridized carbons (Fsp3) is 0.429. The quantitative estimate of drug-likeness (QED) is 0.737. The van der Waals surface area contributed by atoms with Gasteiger partial charge in [0.25, 0.3) is 0 Å². The van der Waals surface area contributed by atoms with Crippen molar-refractivity contribution in [2.45, 2.75) is 24.9 Å². The molecule has 1 aromatic carbocycles. The van der Waals surface area contributed by atoms with Crippen molar-refractivity contribution >= 4 is 10.9 Å². The third-order valence-corrected chi connectivity index (χ3v) is 3.74. The van der Waals surface area contributed by atoms with Crippen molar-refractivity contribution in [3.63, 3.8) is 0 Å². The number of hydrogen-bond donors (Lipinski definition) is 3. The number of rotatable bonds is 2. The van der Waals surface area contributed by atoms with Gasteiger partial charge in [0.2, 0.25) is 0 Å². The van der Waals surface area contributed by atoms with E-state index in [0.717, 1.165) is 37.9 Å². The molecule has 0 unspecified atom stereocenters. The highest BCUT2D eigenvalue weighted by atomic mass is 16.3. The van der Waals surface area contributed by atoms with Crippen molar-refractivity contribution in [3.8, 4) is 0 Å². The summed E-state index contributed by atoms with van der Waals surface area (Å²) in [5.74, 6) is 0. The Balaban J connectivity index is 1.91. The highest BCUT2D eigenvalue weighted by Crippen LogP contribution is 2.27. The van der Waals surface area contributed by atoms with E-state index in [4.69, 9.17) is 0 Å². The molecule has 1 saturated heterocycles. The molecule has 0 spiro atoms. The molecule has 1 aliphatic heterocycles. The van der Waals surface area contributed by atoms with Crippen LogP contribution in [0.3, 0.4) is 0 Å². The molecule has 17 heavy (non-hydrogen) atoms. The number of aromatic amines is 1. The number of benzene rings is 1. The molecule has 1 aliphatic rings. The van der Waals surface area contributed by atoms with Crippen LogP contribution in [0.15, 0.2) is 30.5 Å². The van der Waals surface area contributed by atoms with E-state index in [9.17, 15) is 5.11 Å². The molecule has 0 bridgehead atoms. The van der Waals surface area contributed by atoms with E-state index in [1.54, 1.807) is 0 Å².